The van der Waals surface area contributed by atoms with Gasteiger partial charge in [-0.1, -0.05) is 13.8 Å². The van der Waals surface area contributed by atoms with E-state index in [1.54, 1.807) is 13.8 Å². The Labute approximate surface area is 206 Å². The van der Waals surface area contributed by atoms with Crippen molar-refractivity contribution < 1.29 is 32.3 Å². The number of carbonyl (C=O) groups excluding carboxylic acids is 3. The van der Waals surface area contributed by atoms with Crippen LogP contribution in [-0.2, 0) is 10.9 Å². The fourth-order valence-electron chi connectivity index (χ4n) is 4.00. The molecule has 1 aliphatic heterocycles. The van der Waals surface area contributed by atoms with Gasteiger partial charge in [0.05, 0.1) is 18.4 Å². The molecule has 2 aromatic rings. The van der Waals surface area contributed by atoms with E-state index in [-0.39, 0.29) is 42.5 Å². The number of aryl methyl sites for hydroxylation is 1. The van der Waals surface area contributed by atoms with E-state index in [2.05, 4.69) is 15.3 Å². The minimum atomic E-state index is -4.47. The van der Waals surface area contributed by atoms with Crippen molar-refractivity contribution in [2.75, 3.05) is 32.1 Å². The molecule has 0 aliphatic carbocycles. The monoisotopic (exact) mass is 507 g/mol. The van der Waals surface area contributed by atoms with Crippen molar-refractivity contribution in [2.45, 2.75) is 45.8 Å². The van der Waals surface area contributed by atoms with Crippen LogP contribution in [0.1, 0.15) is 64.6 Å². The molecule has 3 amide bonds. The summed E-state index contributed by atoms with van der Waals surface area (Å²) in [5.74, 6) is -0.989. The van der Waals surface area contributed by atoms with Gasteiger partial charge in [0.2, 0.25) is 0 Å². The van der Waals surface area contributed by atoms with E-state index in [4.69, 9.17) is 4.74 Å². The Hall–Kier alpha value is -3.70. The third-order valence-electron chi connectivity index (χ3n) is 5.83. The molecule has 1 saturated heterocycles. The molecule has 36 heavy (non-hydrogen) atoms. The number of carbonyl (C=O) groups is 3. The molecule has 0 spiro atoms. The smallest absolute Gasteiger partial charge is 0.416 e. The molecule has 9 nitrogen and oxygen atoms in total. The number of urea groups is 1. The lowest BCUT2D eigenvalue weighted by Gasteiger charge is -2.39. The number of alkyl halides is 3. The van der Waals surface area contributed by atoms with Crippen molar-refractivity contribution >= 4 is 23.6 Å². The maximum atomic E-state index is 13.4. The number of rotatable bonds is 4. The number of nitrogens with one attached hydrogen (secondary N) is 1. The molecule has 0 radical (unpaired) electrons. The van der Waals surface area contributed by atoms with E-state index in [9.17, 15) is 27.6 Å². The minimum Gasteiger partial charge on any atom is -0.465 e. The topological polar surface area (TPSA) is 105 Å². The lowest BCUT2D eigenvalue weighted by molar-refractivity contribution is -0.137. The highest BCUT2D eigenvalue weighted by Gasteiger charge is 2.35. The highest BCUT2D eigenvalue weighted by Crippen LogP contribution is 2.30. The van der Waals surface area contributed by atoms with Crippen molar-refractivity contribution in [3.63, 3.8) is 0 Å². The van der Waals surface area contributed by atoms with Gasteiger partial charge in [0.1, 0.15) is 17.1 Å². The first kappa shape index (κ1) is 26.9. The molecule has 1 fully saturated rings. The van der Waals surface area contributed by atoms with Crippen LogP contribution in [0.15, 0.2) is 24.3 Å². The van der Waals surface area contributed by atoms with Crippen molar-refractivity contribution in [1.82, 2.24) is 19.8 Å². The zero-order chi connectivity index (χ0) is 26.8. The first-order valence-corrected chi connectivity index (χ1v) is 11.3. The molecule has 1 unspecified atom stereocenters. The number of piperazine rings is 1. The van der Waals surface area contributed by atoms with Gasteiger partial charge in [0, 0.05) is 31.4 Å². The van der Waals surface area contributed by atoms with Crippen LogP contribution in [0.5, 0.6) is 0 Å². The Morgan fingerprint density at radius 2 is 1.75 bits per heavy atom. The summed E-state index contributed by atoms with van der Waals surface area (Å²) in [6.07, 6.45) is -4.47. The second-order valence-electron chi connectivity index (χ2n) is 8.82. The molecule has 194 valence electrons. The summed E-state index contributed by atoms with van der Waals surface area (Å²) in [6, 6.07) is 3.25. The Balaban J connectivity index is 1.75. The van der Waals surface area contributed by atoms with Gasteiger partial charge in [-0.25, -0.2) is 19.6 Å². The van der Waals surface area contributed by atoms with Gasteiger partial charge in [-0.2, -0.15) is 13.2 Å². The average Bonchev–Trinajstić information content (AvgIpc) is 2.82. The summed E-state index contributed by atoms with van der Waals surface area (Å²) in [5.41, 5.74) is -0.196. The van der Waals surface area contributed by atoms with E-state index < -0.39 is 35.7 Å². The average molecular weight is 508 g/mol. The molecule has 0 bridgehead atoms. The van der Waals surface area contributed by atoms with Gasteiger partial charge in [-0.15, -0.1) is 0 Å². The summed E-state index contributed by atoms with van der Waals surface area (Å²) in [4.78, 5) is 50.3. The van der Waals surface area contributed by atoms with Crippen LogP contribution >= 0.6 is 0 Å². The fourth-order valence-corrected chi connectivity index (χ4v) is 4.00. The summed E-state index contributed by atoms with van der Waals surface area (Å²) in [5, 5.41) is 2.59. The number of nitrogens with zero attached hydrogens (tertiary/aromatic N) is 4. The Morgan fingerprint density at radius 3 is 2.28 bits per heavy atom. The zero-order valence-electron chi connectivity index (χ0n) is 20.6. The number of anilines is 1. The van der Waals surface area contributed by atoms with Gasteiger partial charge < -0.3 is 19.9 Å². The van der Waals surface area contributed by atoms with Crippen molar-refractivity contribution in [3.05, 3.63) is 52.6 Å². The number of benzene rings is 1. The number of aromatic nitrogens is 2. The summed E-state index contributed by atoms with van der Waals surface area (Å²) < 4.78 is 43.2. The molecule has 1 aliphatic rings. The van der Waals surface area contributed by atoms with E-state index in [1.165, 1.54) is 29.0 Å². The second kappa shape index (κ2) is 10.5. The van der Waals surface area contributed by atoms with E-state index in [0.29, 0.717) is 11.5 Å². The number of methoxy groups -OCH3 is 1. The van der Waals surface area contributed by atoms with Crippen LogP contribution in [0.25, 0.3) is 0 Å². The molecule has 2 heterocycles. The number of amides is 3. The van der Waals surface area contributed by atoms with E-state index in [1.807, 2.05) is 13.8 Å². The molecule has 0 saturated carbocycles. The van der Waals surface area contributed by atoms with Gasteiger partial charge in [-0.3, -0.25) is 4.79 Å². The SMILES string of the molecule is COC(=O)c1c(C(=O)N2CCN(C(=O)Nc3ccc(C(F)(F)F)cc3)C(C)C2)nc(C)nc1C(C)C. The van der Waals surface area contributed by atoms with Gasteiger partial charge in [0.15, 0.2) is 0 Å². The normalized spacial score (nSPS) is 16.2. The third-order valence-corrected chi connectivity index (χ3v) is 5.83. The van der Waals surface area contributed by atoms with Crippen molar-refractivity contribution in [2.24, 2.45) is 0 Å². The lowest BCUT2D eigenvalue weighted by atomic mass is 10.0. The summed E-state index contributed by atoms with van der Waals surface area (Å²) in [6.45, 7) is 7.59. The van der Waals surface area contributed by atoms with Crippen LogP contribution < -0.4 is 5.32 Å². The summed E-state index contributed by atoms with van der Waals surface area (Å²) >= 11 is 0. The minimum absolute atomic E-state index is 0.0261. The zero-order valence-corrected chi connectivity index (χ0v) is 20.6. The van der Waals surface area contributed by atoms with Gasteiger partial charge in [0.25, 0.3) is 5.91 Å². The Kier molecular flexibility index (Phi) is 7.85. The van der Waals surface area contributed by atoms with E-state index >= 15 is 0 Å². The first-order chi connectivity index (χ1) is 16.8. The predicted octanol–water partition coefficient (Wildman–Crippen LogP) is 4.09. The molecular weight excluding hydrogens is 479 g/mol. The molecule has 3 rings (SSSR count). The number of halogens is 3. The highest BCUT2D eigenvalue weighted by atomic mass is 19.4. The predicted molar refractivity (Wildman–Crippen MR) is 125 cm³/mol. The van der Waals surface area contributed by atoms with Crippen LogP contribution in [0, 0.1) is 6.92 Å². The van der Waals surface area contributed by atoms with Crippen LogP contribution in [0.3, 0.4) is 0 Å². The van der Waals surface area contributed by atoms with Crippen molar-refractivity contribution in [1.29, 1.82) is 0 Å². The van der Waals surface area contributed by atoms with Crippen LogP contribution in [0.2, 0.25) is 0 Å². The standard InChI is InChI=1S/C24H28F3N5O4/c1-13(2)19-18(22(34)36-5)20(29-15(4)28-19)21(33)31-10-11-32(14(3)12-31)23(35)30-17-8-6-16(7-9-17)24(25,26)27/h6-9,13-14H,10-12H2,1-5H3,(H,30,35). The molecule has 1 N–H and O–H groups in total. The first-order valence-electron chi connectivity index (χ1n) is 11.3. The number of esters is 1. The highest BCUT2D eigenvalue weighted by molar-refractivity contribution is 6.04. The number of hydrogen-bond acceptors (Lipinski definition) is 6. The number of ether oxygens (including phenoxy) is 1. The van der Waals surface area contributed by atoms with Crippen LogP contribution in [-0.4, -0.2) is 70.5 Å². The van der Waals surface area contributed by atoms with Crippen molar-refractivity contribution in [3.8, 4) is 0 Å². The Bertz CT molecular complexity index is 1150. The molecule has 1 atom stereocenters. The Morgan fingerprint density at radius 1 is 1.11 bits per heavy atom. The number of hydrogen-bond donors (Lipinski definition) is 1. The lowest BCUT2D eigenvalue weighted by Crippen LogP contribution is -2.56. The largest absolute Gasteiger partial charge is 0.465 e. The quantitative estimate of drug-likeness (QED) is 0.625. The molecule has 1 aromatic carbocycles. The summed E-state index contributed by atoms with van der Waals surface area (Å²) in [7, 11) is 1.22. The molecule has 12 heteroatoms. The van der Waals surface area contributed by atoms with E-state index in [0.717, 1.165) is 12.1 Å². The third kappa shape index (κ3) is 5.74. The maximum Gasteiger partial charge on any atom is 0.416 e. The molecule has 1 aromatic heterocycles. The van der Waals surface area contributed by atoms with Gasteiger partial charge >= 0.3 is 18.2 Å². The van der Waals surface area contributed by atoms with Gasteiger partial charge in [-0.05, 0) is 44.0 Å². The fraction of sp³-hybridized carbons (Fsp3) is 0.458. The second-order valence-corrected chi connectivity index (χ2v) is 8.82. The maximum absolute atomic E-state index is 13.4. The van der Waals surface area contributed by atoms with Crippen LogP contribution in [0.4, 0.5) is 23.7 Å². The molecular formula is C24H28F3N5O4.